The smallest absolute Gasteiger partial charge is 0.263 e. The summed E-state index contributed by atoms with van der Waals surface area (Å²) in [6.07, 6.45) is 3.90. The van der Waals surface area contributed by atoms with Crippen molar-refractivity contribution in [3.63, 3.8) is 0 Å². The van der Waals surface area contributed by atoms with E-state index in [0.717, 1.165) is 10.4 Å². The average Bonchev–Trinajstić information content (AvgIpc) is 2.97. The van der Waals surface area contributed by atoms with Crippen LogP contribution < -0.4 is 10.9 Å². The van der Waals surface area contributed by atoms with Gasteiger partial charge < -0.3 is 4.98 Å². The molecule has 0 saturated carbocycles. The number of carbonyl (C=O) groups is 1. The Bertz CT molecular complexity index is 887. The van der Waals surface area contributed by atoms with Gasteiger partial charge in [-0.25, -0.2) is 4.98 Å². The Morgan fingerprint density at radius 1 is 1.26 bits per heavy atom. The highest BCUT2D eigenvalue weighted by Gasteiger charge is 2.12. The van der Waals surface area contributed by atoms with Crippen molar-refractivity contribution in [2.24, 2.45) is 0 Å². The van der Waals surface area contributed by atoms with E-state index in [9.17, 15) is 9.59 Å². The van der Waals surface area contributed by atoms with Crippen LogP contribution in [0.15, 0.2) is 53.6 Å². The lowest BCUT2D eigenvalue weighted by molar-refractivity contribution is 0.102. The van der Waals surface area contributed by atoms with Crippen LogP contribution in [0.3, 0.4) is 0 Å². The summed E-state index contributed by atoms with van der Waals surface area (Å²) in [6, 6.07) is 10.6. The zero-order valence-electron chi connectivity index (χ0n) is 11.9. The van der Waals surface area contributed by atoms with Gasteiger partial charge in [-0.3, -0.25) is 14.9 Å². The molecular weight excluding hydrogens is 334 g/mol. The number of halogens is 1. The lowest BCUT2D eigenvalue weighted by Gasteiger charge is -2.00. The molecule has 2 heterocycles. The van der Waals surface area contributed by atoms with E-state index in [1.54, 1.807) is 12.3 Å². The standard InChI is InChI=1S/C16H12ClN3O2S/c17-11-5-3-10(4-6-11)8-12-9-19-16(23-12)20-15(22)13-2-1-7-18-14(13)21/h1-7,9H,8H2,(H,18,21)(H,19,20,22). The van der Waals surface area contributed by atoms with E-state index in [2.05, 4.69) is 15.3 Å². The molecule has 2 aromatic heterocycles. The summed E-state index contributed by atoms with van der Waals surface area (Å²) >= 11 is 7.23. The van der Waals surface area contributed by atoms with Crippen molar-refractivity contribution >= 4 is 34.0 Å². The number of pyridine rings is 1. The van der Waals surface area contributed by atoms with Gasteiger partial charge in [0.2, 0.25) is 0 Å². The van der Waals surface area contributed by atoms with Crippen LogP contribution >= 0.6 is 22.9 Å². The molecule has 0 spiro atoms. The number of anilines is 1. The Hall–Kier alpha value is -2.44. The first-order chi connectivity index (χ1) is 11.1. The fourth-order valence-electron chi connectivity index (χ4n) is 2.02. The van der Waals surface area contributed by atoms with Crippen LogP contribution in [-0.4, -0.2) is 15.9 Å². The first-order valence-corrected chi connectivity index (χ1v) is 7.99. The number of nitrogens with one attached hydrogen (secondary N) is 2. The quantitative estimate of drug-likeness (QED) is 0.761. The van der Waals surface area contributed by atoms with Gasteiger partial charge in [0.05, 0.1) is 0 Å². The van der Waals surface area contributed by atoms with Crippen molar-refractivity contribution in [1.29, 1.82) is 0 Å². The fourth-order valence-corrected chi connectivity index (χ4v) is 2.98. The summed E-state index contributed by atoms with van der Waals surface area (Å²) < 4.78 is 0. The lowest BCUT2D eigenvalue weighted by Crippen LogP contribution is -2.22. The first kappa shape index (κ1) is 15.5. The third-order valence-corrected chi connectivity index (χ3v) is 4.29. The van der Waals surface area contributed by atoms with E-state index in [1.807, 2.05) is 24.3 Å². The van der Waals surface area contributed by atoms with Crippen LogP contribution in [0.25, 0.3) is 0 Å². The molecule has 1 aromatic carbocycles. The Labute approximate surface area is 141 Å². The number of aromatic amines is 1. The molecule has 2 N–H and O–H groups in total. The second kappa shape index (κ2) is 6.76. The monoisotopic (exact) mass is 345 g/mol. The maximum Gasteiger partial charge on any atom is 0.263 e. The molecule has 0 unspecified atom stereocenters. The SMILES string of the molecule is O=C(Nc1ncc(Cc2ccc(Cl)cc2)s1)c1ccc[nH]c1=O. The fraction of sp³-hybridized carbons (Fsp3) is 0.0625. The molecule has 0 aliphatic carbocycles. The molecule has 0 atom stereocenters. The highest BCUT2D eigenvalue weighted by Crippen LogP contribution is 2.22. The van der Waals surface area contributed by atoms with Crippen molar-refractivity contribution < 1.29 is 4.79 Å². The summed E-state index contributed by atoms with van der Waals surface area (Å²) in [5.74, 6) is -0.473. The van der Waals surface area contributed by atoms with Crippen molar-refractivity contribution in [2.45, 2.75) is 6.42 Å². The third kappa shape index (κ3) is 3.85. The maximum absolute atomic E-state index is 12.1. The molecule has 0 radical (unpaired) electrons. The van der Waals surface area contributed by atoms with Gasteiger partial charge in [0, 0.05) is 28.7 Å². The van der Waals surface area contributed by atoms with E-state index in [1.165, 1.54) is 23.6 Å². The van der Waals surface area contributed by atoms with Crippen molar-refractivity contribution in [1.82, 2.24) is 9.97 Å². The van der Waals surface area contributed by atoms with Gasteiger partial charge in [0.1, 0.15) is 5.56 Å². The predicted molar refractivity (Wildman–Crippen MR) is 91.4 cm³/mol. The Morgan fingerprint density at radius 3 is 2.78 bits per heavy atom. The van der Waals surface area contributed by atoms with Gasteiger partial charge in [-0.05, 0) is 29.8 Å². The van der Waals surface area contributed by atoms with Gasteiger partial charge in [0.25, 0.3) is 11.5 Å². The first-order valence-electron chi connectivity index (χ1n) is 6.80. The van der Waals surface area contributed by atoms with Gasteiger partial charge in [-0.2, -0.15) is 0 Å². The summed E-state index contributed by atoms with van der Waals surface area (Å²) in [6.45, 7) is 0. The predicted octanol–water partition coefficient (Wildman–Crippen LogP) is 3.33. The number of benzene rings is 1. The zero-order valence-corrected chi connectivity index (χ0v) is 13.4. The zero-order chi connectivity index (χ0) is 16.2. The van der Waals surface area contributed by atoms with Crippen LogP contribution in [0.1, 0.15) is 20.8 Å². The van der Waals surface area contributed by atoms with Crippen molar-refractivity contribution in [3.05, 3.63) is 80.2 Å². The number of hydrogen-bond donors (Lipinski definition) is 2. The summed E-state index contributed by atoms with van der Waals surface area (Å²) in [4.78, 5) is 31.3. The third-order valence-electron chi connectivity index (χ3n) is 3.13. The second-order valence-electron chi connectivity index (χ2n) is 4.80. The lowest BCUT2D eigenvalue weighted by atomic mass is 10.1. The molecule has 3 rings (SSSR count). The Balaban J connectivity index is 1.70. The number of hydrogen-bond acceptors (Lipinski definition) is 4. The van der Waals surface area contributed by atoms with Gasteiger partial charge in [-0.15, -0.1) is 11.3 Å². The topological polar surface area (TPSA) is 74.8 Å². The molecule has 0 fully saturated rings. The van der Waals surface area contributed by atoms with Gasteiger partial charge in [-0.1, -0.05) is 23.7 Å². The van der Waals surface area contributed by atoms with Crippen LogP contribution in [0.4, 0.5) is 5.13 Å². The molecule has 1 amide bonds. The number of rotatable bonds is 4. The molecule has 116 valence electrons. The molecule has 0 aliphatic rings. The normalized spacial score (nSPS) is 10.5. The number of carbonyl (C=O) groups excluding carboxylic acids is 1. The Kier molecular flexibility index (Phi) is 4.55. The largest absolute Gasteiger partial charge is 0.328 e. The number of amides is 1. The van der Waals surface area contributed by atoms with Gasteiger partial charge >= 0.3 is 0 Å². The van der Waals surface area contributed by atoms with Crippen LogP contribution in [-0.2, 0) is 6.42 Å². The molecule has 7 heteroatoms. The summed E-state index contributed by atoms with van der Waals surface area (Å²) in [7, 11) is 0. The van der Waals surface area contributed by atoms with E-state index < -0.39 is 11.5 Å². The average molecular weight is 346 g/mol. The Morgan fingerprint density at radius 2 is 2.04 bits per heavy atom. The number of H-pyrrole nitrogens is 1. The molecule has 0 saturated heterocycles. The number of aromatic nitrogens is 2. The maximum atomic E-state index is 12.1. The molecule has 23 heavy (non-hydrogen) atoms. The molecule has 3 aromatic rings. The second-order valence-corrected chi connectivity index (χ2v) is 6.35. The molecule has 0 aliphatic heterocycles. The van der Waals surface area contributed by atoms with Crippen LogP contribution in [0.5, 0.6) is 0 Å². The highest BCUT2D eigenvalue weighted by molar-refractivity contribution is 7.15. The van der Waals surface area contributed by atoms with E-state index >= 15 is 0 Å². The van der Waals surface area contributed by atoms with Crippen molar-refractivity contribution in [2.75, 3.05) is 5.32 Å². The summed E-state index contributed by atoms with van der Waals surface area (Å²) in [5, 5.41) is 3.80. The minimum atomic E-state index is -0.473. The van der Waals surface area contributed by atoms with Crippen LogP contribution in [0.2, 0.25) is 5.02 Å². The minimum absolute atomic E-state index is 0.0574. The summed E-state index contributed by atoms with van der Waals surface area (Å²) in [5.41, 5.74) is 0.736. The van der Waals surface area contributed by atoms with Crippen LogP contribution in [0, 0.1) is 0 Å². The number of nitrogens with zero attached hydrogens (tertiary/aromatic N) is 1. The highest BCUT2D eigenvalue weighted by atomic mass is 35.5. The van der Waals surface area contributed by atoms with E-state index in [4.69, 9.17) is 11.6 Å². The molecular formula is C16H12ClN3O2S. The van der Waals surface area contributed by atoms with E-state index in [-0.39, 0.29) is 5.56 Å². The molecule has 5 nitrogen and oxygen atoms in total. The van der Waals surface area contributed by atoms with Crippen molar-refractivity contribution in [3.8, 4) is 0 Å². The van der Waals surface area contributed by atoms with E-state index in [0.29, 0.717) is 16.6 Å². The number of thiazole rings is 1. The molecule has 0 bridgehead atoms. The minimum Gasteiger partial charge on any atom is -0.328 e. The van der Waals surface area contributed by atoms with Gasteiger partial charge in [0.15, 0.2) is 5.13 Å².